The fourth-order valence-corrected chi connectivity index (χ4v) is 2.22. The van der Waals surface area contributed by atoms with Crippen LogP contribution in [0, 0.1) is 0 Å². The van der Waals surface area contributed by atoms with Gasteiger partial charge in [-0.3, -0.25) is 0 Å². The monoisotopic (exact) mass is 278 g/mol. The Labute approximate surface area is 114 Å². The van der Waals surface area contributed by atoms with Gasteiger partial charge >= 0.3 is 5.97 Å². The van der Waals surface area contributed by atoms with E-state index in [1.165, 1.54) is 24.6 Å². The Morgan fingerprint density at radius 2 is 2.32 bits per heavy atom. The van der Waals surface area contributed by atoms with Crippen molar-refractivity contribution in [1.29, 1.82) is 0 Å². The first-order valence-electron chi connectivity index (χ1n) is 5.54. The van der Waals surface area contributed by atoms with Crippen LogP contribution in [0.4, 0.5) is 11.5 Å². The largest absolute Gasteiger partial charge is 0.465 e. The normalized spacial score (nSPS) is 10.2. The number of carbonyl (C=O) groups is 1. The fourth-order valence-electron chi connectivity index (χ4n) is 1.67. The molecule has 0 radical (unpaired) electrons. The maximum Gasteiger partial charge on any atom is 0.341 e. The Kier molecular flexibility index (Phi) is 3.96. The minimum atomic E-state index is -0.458. The fraction of sp³-hybridized carbons (Fsp3) is 0.250. The molecule has 6 nitrogen and oxygen atoms in total. The molecule has 0 aliphatic heterocycles. The summed E-state index contributed by atoms with van der Waals surface area (Å²) in [6.07, 6.45) is 1.51. The van der Waals surface area contributed by atoms with E-state index in [2.05, 4.69) is 9.97 Å². The number of rotatable bonds is 4. The van der Waals surface area contributed by atoms with Gasteiger partial charge in [0.05, 0.1) is 36.7 Å². The SMILES string of the molecule is COC(=O)c1cc(N)cnc1N(C)Cc1cscn1. The number of nitrogen functional groups attached to an aromatic ring is 1. The van der Waals surface area contributed by atoms with Crippen LogP contribution in [0.5, 0.6) is 0 Å². The van der Waals surface area contributed by atoms with E-state index in [-0.39, 0.29) is 0 Å². The molecule has 0 aromatic carbocycles. The summed E-state index contributed by atoms with van der Waals surface area (Å²) in [6, 6.07) is 1.56. The van der Waals surface area contributed by atoms with Gasteiger partial charge in [0, 0.05) is 12.4 Å². The van der Waals surface area contributed by atoms with Crippen molar-refractivity contribution in [2.24, 2.45) is 0 Å². The number of hydrogen-bond acceptors (Lipinski definition) is 7. The quantitative estimate of drug-likeness (QED) is 0.854. The predicted molar refractivity (Wildman–Crippen MR) is 74.2 cm³/mol. The molecule has 0 amide bonds. The van der Waals surface area contributed by atoms with Gasteiger partial charge in [-0.1, -0.05) is 0 Å². The molecule has 0 bridgehead atoms. The van der Waals surface area contributed by atoms with Gasteiger partial charge in [-0.25, -0.2) is 14.8 Å². The Morgan fingerprint density at radius 1 is 1.53 bits per heavy atom. The second kappa shape index (κ2) is 5.66. The zero-order valence-corrected chi connectivity index (χ0v) is 11.5. The number of thiazole rings is 1. The zero-order chi connectivity index (χ0) is 13.8. The van der Waals surface area contributed by atoms with E-state index >= 15 is 0 Å². The molecule has 0 fully saturated rings. The highest BCUT2D eigenvalue weighted by atomic mass is 32.1. The number of pyridine rings is 1. The molecule has 7 heteroatoms. The van der Waals surface area contributed by atoms with Gasteiger partial charge in [-0.2, -0.15) is 0 Å². The highest BCUT2D eigenvalue weighted by Crippen LogP contribution is 2.21. The van der Waals surface area contributed by atoms with Gasteiger partial charge in [0.15, 0.2) is 0 Å². The summed E-state index contributed by atoms with van der Waals surface area (Å²) in [5, 5.41) is 1.95. The molecular formula is C12H14N4O2S. The van der Waals surface area contributed by atoms with E-state index in [0.29, 0.717) is 23.6 Å². The number of aromatic nitrogens is 2. The molecule has 100 valence electrons. The number of carbonyl (C=O) groups excluding carboxylic acids is 1. The van der Waals surface area contributed by atoms with Crippen molar-refractivity contribution in [3.63, 3.8) is 0 Å². The molecule has 0 saturated heterocycles. The maximum atomic E-state index is 11.7. The molecule has 2 heterocycles. The second-order valence-corrected chi connectivity index (χ2v) is 4.69. The smallest absolute Gasteiger partial charge is 0.341 e. The van der Waals surface area contributed by atoms with Crippen LogP contribution in [0.3, 0.4) is 0 Å². The zero-order valence-electron chi connectivity index (χ0n) is 10.7. The molecule has 0 atom stereocenters. The van der Waals surface area contributed by atoms with Crippen LogP contribution in [-0.2, 0) is 11.3 Å². The first-order chi connectivity index (χ1) is 9.11. The van der Waals surface area contributed by atoms with Crippen molar-refractivity contribution in [2.75, 3.05) is 24.8 Å². The van der Waals surface area contributed by atoms with Crippen LogP contribution < -0.4 is 10.6 Å². The lowest BCUT2D eigenvalue weighted by molar-refractivity contribution is 0.0601. The Morgan fingerprint density at radius 3 is 2.95 bits per heavy atom. The third-order valence-electron chi connectivity index (χ3n) is 2.54. The van der Waals surface area contributed by atoms with E-state index in [4.69, 9.17) is 10.5 Å². The number of nitrogens with zero attached hydrogens (tertiary/aromatic N) is 3. The van der Waals surface area contributed by atoms with Crippen molar-refractivity contribution in [1.82, 2.24) is 9.97 Å². The average Bonchev–Trinajstić information content (AvgIpc) is 2.90. The highest BCUT2D eigenvalue weighted by Gasteiger charge is 2.17. The van der Waals surface area contributed by atoms with Crippen molar-refractivity contribution in [3.8, 4) is 0 Å². The molecule has 0 unspecified atom stereocenters. The third-order valence-corrected chi connectivity index (χ3v) is 3.17. The average molecular weight is 278 g/mol. The molecule has 0 spiro atoms. The van der Waals surface area contributed by atoms with E-state index in [1.807, 2.05) is 17.3 Å². The van der Waals surface area contributed by atoms with Crippen LogP contribution in [0.2, 0.25) is 0 Å². The summed E-state index contributed by atoms with van der Waals surface area (Å²) in [6.45, 7) is 0.560. The minimum absolute atomic E-state index is 0.347. The molecule has 0 aliphatic carbocycles. The Hall–Kier alpha value is -2.15. The van der Waals surface area contributed by atoms with E-state index in [1.54, 1.807) is 11.6 Å². The third kappa shape index (κ3) is 3.00. The van der Waals surface area contributed by atoms with Crippen molar-refractivity contribution in [3.05, 3.63) is 34.4 Å². The summed E-state index contributed by atoms with van der Waals surface area (Å²) in [4.78, 5) is 22.0. The Bertz CT molecular complexity index is 571. The summed E-state index contributed by atoms with van der Waals surface area (Å²) in [5.41, 5.74) is 9.11. The second-order valence-electron chi connectivity index (χ2n) is 3.97. The van der Waals surface area contributed by atoms with Crippen molar-refractivity contribution in [2.45, 2.75) is 6.54 Å². The summed E-state index contributed by atoms with van der Waals surface area (Å²) in [7, 11) is 3.17. The molecule has 2 aromatic heterocycles. The number of esters is 1. The van der Waals surface area contributed by atoms with Crippen LogP contribution >= 0.6 is 11.3 Å². The highest BCUT2D eigenvalue weighted by molar-refractivity contribution is 7.07. The lowest BCUT2D eigenvalue weighted by Gasteiger charge is -2.19. The predicted octanol–water partition coefficient (Wildman–Crippen LogP) is 1.54. The Balaban J connectivity index is 2.30. The van der Waals surface area contributed by atoms with Crippen LogP contribution in [0.1, 0.15) is 16.1 Å². The van der Waals surface area contributed by atoms with Gasteiger partial charge in [-0.15, -0.1) is 11.3 Å². The number of hydrogen-bond donors (Lipinski definition) is 1. The van der Waals surface area contributed by atoms with Gasteiger partial charge in [0.2, 0.25) is 0 Å². The van der Waals surface area contributed by atoms with Crippen molar-refractivity contribution < 1.29 is 9.53 Å². The lowest BCUT2D eigenvalue weighted by atomic mass is 10.2. The molecule has 0 saturated carbocycles. The lowest BCUT2D eigenvalue weighted by Crippen LogP contribution is -2.21. The van der Waals surface area contributed by atoms with Crippen molar-refractivity contribution >= 4 is 28.8 Å². The van der Waals surface area contributed by atoms with E-state index < -0.39 is 5.97 Å². The van der Waals surface area contributed by atoms with Gasteiger partial charge in [0.25, 0.3) is 0 Å². The number of methoxy groups -OCH3 is 1. The van der Waals surface area contributed by atoms with Gasteiger partial charge in [-0.05, 0) is 6.07 Å². The molecular weight excluding hydrogens is 264 g/mol. The molecule has 19 heavy (non-hydrogen) atoms. The topological polar surface area (TPSA) is 81.3 Å². The number of nitrogens with two attached hydrogens (primary N) is 1. The summed E-state index contributed by atoms with van der Waals surface area (Å²) >= 11 is 1.52. The van der Waals surface area contributed by atoms with Gasteiger partial charge in [0.1, 0.15) is 11.4 Å². The maximum absolute atomic E-state index is 11.7. The van der Waals surface area contributed by atoms with Crippen LogP contribution in [0.15, 0.2) is 23.2 Å². The first kappa shape index (κ1) is 13.3. The van der Waals surface area contributed by atoms with Crippen LogP contribution in [0.25, 0.3) is 0 Å². The summed E-state index contributed by atoms with van der Waals surface area (Å²) < 4.78 is 4.74. The first-order valence-corrected chi connectivity index (χ1v) is 6.48. The summed E-state index contributed by atoms with van der Waals surface area (Å²) in [5.74, 6) is 0.0639. The molecule has 2 N–H and O–H groups in total. The standard InChI is InChI=1S/C12H14N4O2S/c1-16(5-9-6-19-7-15-9)11-10(12(17)18-2)3-8(13)4-14-11/h3-4,6-7H,5,13H2,1-2H3. The van der Waals surface area contributed by atoms with E-state index in [0.717, 1.165) is 5.69 Å². The van der Waals surface area contributed by atoms with Gasteiger partial charge < -0.3 is 15.4 Å². The molecule has 2 aromatic rings. The molecule has 2 rings (SSSR count). The number of ether oxygens (including phenoxy) is 1. The van der Waals surface area contributed by atoms with Crippen LogP contribution in [-0.4, -0.2) is 30.1 Å². The van der Waals surface area contributed by atoms with E-state index in [9.17, 15) is 4.79 Å². The molecule has 0 aliphatic rings. The number of anilines is 2. The minimum Gasteiger partial charge on any atom is -0.465 e.